The van der Waals surface area contributed by atoms with E-state index in [2.05, 4.69) is 25.7 Å². The Morgan fingerprint density at radius 3 is 2.33 bits per heavy atom. The zero-order chi connectivity index (χ0) is 9.14. The fourth-order valence-corrected chi connectivity index (χ4v) is 1.98. The van der Waals surface area contributed by atoms with Crippen LogP contribution in [0.1, 0.15) is 27.2 Å². The van der Waals surface area contributed by atoms with Crippen molar-refractivity contribution in [1.29, 1.82) is 0 Å². The second-order valence-corrected chi connectivity index (χ2v) is 4.58. The molecule has 1 fully saturated rings. The van der Waals surface area contributed by atoms with Gasteiger partial charge < -0.3 is 5.73 Å². The molecule has 1 saturated heterocycles. The molecule has 1 aliphatic heterocycles. The normalized spacial score (nSPS) is 22.8. The third-order valence-corrected chi connectivity index (χ3v) is 2.62. The minimum Gasteiger partial charge on any atom is -0.329 e. The highest BCUT2D eigenvalue weighted by Crippen LogP contribution is 2.20. The molecule has 2 nitrogen and oxygen atoms in total. The van der Waals surface area contributed by atoms with Gasteiger partial charge in [-0.1, -0.05) is 20.8 Å². The highest BCUT2D eigenvalue weighted by molar-refractivity contribution is 4.84. The molecule has 0 radical (unpaired) electrons. The van der Waals surface area contributed by atoms with E-state index in [0.29, 0.717) is 6.04 Å². The van der Waals surface area contributed by atoms with Crippen LogP contribution in [0.5, 0.6) is 0 Å². The number of nitrogens with zero attached hydrogens (tertiary/aromatic N) is 1. The summed E-state index contributed by atoms with van der Waals surface area (Å²) in [5, 5.41) is 0. The molecule has 0 aliphatic carbocycles. The van der Waals surface area contributed by atoms with Gasteiger partial charge in [0.1, 0.15) is 0 Å². The lowest BCUT2D eigenvalue weighted by molar-refractivity contribution is 0.0560. The van der Waals surface area contributed by atoms with E-state index in [-0.39, 0.29) is 0 Å². The lowest BCUT2D eigenvalue weighted by Crippen LogP contribution is -2.53. The molecule has 1 aliphatic rings. The van der Waals surface area contributed by atoms with Crippen molar-refractivity contribution in [1.82, 2.24) is 4.90 Å². The van der Waals surface area contributed by atoms with Gasteiger partial charge >= 0.3 is 0 Å². The van der Waals surface area contributed by atoms with Gasteiger partial charge in [-0.25, -0.2) is 0 Å². The summed E-state index contributed by atoms with van der Waals surface area (Å²) in [7, 11) is 0. The second kappa shape index (κ2) is 4.24. The van der Waals surface area contributed by atoms with Gasteiger partial charge in [0, 0.05) is 25.7 Å². The predicted octanol–water partition coefficient (Wildman–Crippen LogP) is 1.31. The van der Waals surface area contributed by atoms with Crippen molar-refractivity contribution in [3.05, 3.63) is 0 Å². The molecule has 1 rings (SSSR count). The van der Waals surface area contributed by atoms with Crippen LogP contribution in [0.15, 0.2) is 0 Å². The summed E-state index contributed by atoms with van der Waals surface area (Å²) in [6, 6.07) is 0.640. The number of hydrogen-bond donors (Lipinski definition) is 1. The number of rotatable bonds is 4. The van der Waals surface area contributed by atoms with Crippen LogP contribution in [-0.2, 0) is 0 Å². The monoisotopic (exact) mass is 170 g/mol. The maximum Gasteiger partial charge on any atom is 0.0221 e. The summed E-state index contributed by atoms with van der Waals surface area (Å²) in [6.07, 6.45) is 1.25. The largest absolute Gasteiger partial charge is 0.329 e. The Bertz CT molecular complexity index is 128. The third kappa shape index (κ3) is 2.46. The summed E-state index contributed by atoms with van der Waals surface area (Å²) in [4.78, 5) is 2.52. The van der Waals surface area contributed by atoms with E-state index in [9.17, 15) is 0 Å². The van der Waals surface area contributed by atoms with E-state index in [1.165, 1.54) is 19.5 Å². The van der Waals surface area contributed by atoms with Crippen molar-refractivity contribution in [2.45, 2.75) is 33.2 Å². The van der Waals surface area contributed by atoms with Gasteiger partial charge in [0.15, 0.2) is 0 Å². The fraction of sp³-hybridized carbons (Fsp3) is 1.00. The third-order valence-electron chi connectivity index (χ3n) is 2.62. The van der Waals surface area contributed by atoms with E-state index in [4.69, 9.17) is 5.73 Å². The average molecular weight is 170 g/mol. The first-order valence-corrected chi connectivity index (χ1v) is 5.07. The molecule has 72 valence electrons. The first kappa shape index (κ1) is 10.0. The van der Waals surface area contributed by atoms with Gasteiger partial charge in [0.05, 0.1) is 0 Å². The lowest BCUT2D eigenvalue weighted by Gasteiger charge is -2.43. The molecule has 0 saturated carbocycles. The Morgan fingerprint density at radius 2 is 2.00 bits per heavy atom. The van der Waals surface area contributed by atoms with Crippen LogP contribution in [0.2, 0.25) is 0 Å². The maximum absolute atomic E-state index is 5.74. The Labute approximate surface area is 76.1 Å². The summed E-state index contributed by atoms with van der Waals surface area (Å²) < 4.78 is 0. The Balaban J connectivity index is 2.26. The Morgan fingerprint density at radius 1 is 1.42 bits per heavy atom. The first-order chi connectivity index (χ1) is 5.63. The molecule has 2 heteroatoms. The quantitative estimate of drug-likeness (QED) is 0.689. The molecule has 0 aromatic heterocycles. The molecular weight excluding hydrogens is 148 g/mol. The molecule has 0 amide bonds. The van der Waals surface area contributed by atoms with Crippen LogP contribution >= 0.6 is 0 Å². The van der Waals surface area contributed by atoms with Gasteiger partial charge in [0.2, 0.25) is 0 Å². The van der Waals surface area contributed by atoms with Crippen LogP contribution in [0, 0.1) is 11.8 Å². The standard InChI is InChI=1S/C10H22N2/c1-8(2)4-10(5-11)12-6-9(3)7-12/h8-10H,4-7,11H2,1-3H3. The Kier molecular flexibility index (Phi) is 3.53. The number of hydrogen-bond acceptors (Lipinski definition) is 2. The molecule has 12 heavy (non-hydrogen) atoms. The van der Waals surface area contributed by atoms with E-state index in [1.807, 2.05) is 0 Å². The van der Waals surface area contributed by atoms with Crippen molar-refractivity contribution in [3.8, 4) is 0 Å². The van der Waals surface area contributed by atoms with Crippen LogP contribution in [0.3, 0.4) is 0 Å². The van der Waals surface area contributed by atoms with Gasteiger partial charge in [0.25, 0.3) is 0 Å². The molecule has 0 spiro atoms. The van der Waals surface area contributed by atoms with Gasteiger partial charge in [-0.15, -0.1) is 0 Å². The summed E-state index contributed by atoms with van der Waals surface area (Å²) in [5.41, 5.74) is 5.74. The molecular formula is C10H22N2. The van der Waals surface area contributed by atoms with Crippen molar-refractivity contribution in [2.24, 2.45) is 17.6 Å². The van der Waals surface area contributed by atoms with Crippen LogP contribution in [0.25, 0.3) is 0 Å². The van der Waals surface area contributed by atoms with E-state index >= 15 is 0 Å². The van der Waals surface area contributed by atoms with E-state index in [0.717, 1.165) is 18.4 Å². The van der Waals surface area contributed by atoms with E-state index in [1.54, 1.807) is 0 Å². The smallest absolute Gasteiger partial charge is 0.0221 e. The molecule has 1 atom stereocenters. The Hall–Kier alpha value is -0.0800. The van der Waals surface area contributed by atoms with E-state index < -0.39 is 0 Å². The molecule has 2 N–H and O–H groups in total. The minimum absolute atomic E-state index is 0.640. The highest BCUT2D eigenvalue weighted by atomic mass is 15.2. The van der Waals surface area contributed by atoms with Crippen LogP contribution in [-0.4, -0.2) is 30.6 Å². The van der Waals surface area contributed by atoms with Crippen LogP contribution < -0.4 is 5.73 Å². The maximum atomic E-state index is 5.74. The van der Waals surface area contributed by atoms with Gasteiger partial charge in [-0.05, 0) is 18.3 Å². The molecule has 0 aromatic rings. The van der Waals surface area contributed by atoms with Crippen molar-refractivity contribution in [3.63, 3.8) is 0 Å². The number of likely N-dealkylation sites (tertiary alicyclic amines) is 1. The van der Waals surface area contributed by atoms with Gasteiger partial charge in [-0.3, -0.25) is 4.90 Å². The van der Waals surface area contributed by atoms with Crippen molar-refractivity contribution >= 4 is 0 Å². The highest BCUT2D eigenvalue weighted by Gasteiger charge is 2.28. The van der Waals surface area contributed by atoms with Gasteiger partial charge in [-0.2, -0.15) is 0 Å². The van der Waals surface area contributed by atoms with Crippen molar-refractivity contribution in [2.75, 3.05) is 19.6 Å². The zero-order valence-electron chi connectivity index (χ0n) is 8.59. The topological polar surface area (TPSA) is 29.3 Å². The number of nitrogens with two attached hydrogens (primary N) is 1. The van der Waals surface area contributed by atoms with Crippen LogP contribution in [0.4, 0.5) is 0 Å². The lowest BCUT2D eigenvalue weighted by atomic mass is 9.95. The molecule has 1 heterocycles. The molecule has 0 bridgehead atoms. The zero-order valence-corrected chi connectivity index (χ0v) is 8.59. The molecule has 0 aromatic carbocycles. The minimum atomic E-state index is 0.640. The molecule has 1 unspecified atom stereocenters. The summed E-state index contributed by atoms with van der Waals surface area (Å²) >= 11 is 0. The second-order valence-electron chi connectivity index (χ2n) is 4.58. The SMILES string of the molecule is CC(C)CC(CN)N1CC(C)C1. The predicted molar refractivity (Wildman–Crippen MR) is 53.0 cm³/mol. The fourth-order valence-electron chi connectivity index (χ4n) is 1.98. The van der Waals surface area contributed by atoms with Crippen molar-refractivity contribution < 1.29 is 0 Å². The first-order valence-electron chi connectivity index (χ1n) is 5.07. The summed E-state index contributed by atoms with van der Waals surface area (Å²) in [5.74, 6) is 1.67. The summed E-state index contributed by atoms with van der Waals surface area (Å²) in [6.45, 7) is 10.2. The average Bonchev–Trinajstić information content (AvgIpc) is 1.94.